The number of rotatable bonds is 4. The van der Waals surface area contributed by atoms with E-state index in [1.54, 1.807) is 48.7 Å². The van der Waals surface area contributed by atoms with E-state index in [2.05, 4.69) is 20.8 Å². The molecule has 0 unspecified atom stereocenters. The van der Waals surface area contributed by atoms with Crippen LogP contribution in [0.1, 0.15) is 6.92 Å². The van der Waals surface area contributed by atoms with Crippen LogP contribution >= 0.6 is 0 Å². The van der Waals surface area contributed by atoms with Crippen LogP contribution in [0.25, 0.3) is 10.9 Å². The summed E-state index contributed by atoms with van der Waals surface area (Å²) in [5, 5.41) is 12.7. The molecule has 0 aliphatic rings. The molecule has 0 aliphatic heterocycles. The number of hydrogen-bond acceptors (Lipinski definition) is 4. The Morgan fingerprint density at radius 3 is 2.75 bits per heavy atom. The van der Waals surface area contributed by atoms with Gasteiger partial charge in [0.05, 0.1) is 24.0 Å². The van der Waals surface area contributed by atoms with Crippen LogP contribution in [-0.2, 0) is 9.59 Å². The van der Waals surface area contributed by atoms with E-state index < -0.39 is 11.8 Å². The van der Waals surface area contributed by atoms with Gasteiger partial charge in [-0.3, -0.25) is 14.7 Å². The zero-order valence-electron chi connectivity index (χ0n) is 13.0. The molecule has 0 spiro atoms. The van der Waals surface area contributed by atoms with Crippen molar-refractivity contribution in [2.45, 2.75) is 6.92 Å². The van der Waals surface area contributed by atoms with Crippen LogP contribution in [-0.4, -0.2) is 28.6 Å². The van der Waals surface area contributed by atoms with Gasteiger partial charge in [-0.1, -0.05) is 12.1 Å². The van der Waals surface area contributed by atoms with Gasteiger partial charge in [-0.05, 0) is 37.3 Å². The summed E-state index contributed by atoms with van der Waals surface area (Å²) in [6.07, 6.45) is 1.68. The Bertz CT molecular complexity index is 888. The number of anilines is 2. The van der Waals surface area contributed by atoms with Crippen LogP contribution in [0, 0.1) is 0 Å². The molecule has 0 bridgehead atoms. The van der Waals surface area contributed by atoms with Crippen LogP contribution in [0.4, 0.5) is 11.4 Å². The van der Waals surface area contributed by atoms with E-state index in [1.807, 2.05) is 6.92 Å². The van der Waals surface area contributed by atoms with Gasteiger partial charge in [0.1, 0.15) is 5.75 Å². The number of aromatic amines is 1. The van der Waals surface area contributed by atoms with E-state index in [9.17, 15) is 9.59 Å². The van der Waals surface area contributed by atoms with Gasteiger partial charge in [0, 0.05) is 11.1 Å². The lowest BCUT2D eigenvalue weighted by molar-refractivity contribution is -0.133. The van der Waals surface area contributed by atoms with Gasteiger partial charge < -0.3 is 15.4 Å². The van der Waals surface area contributed by atoms with Gasteiger partial charge in [-0.25, -0.2) is 0 Å². The molecule has 0 saturated heterocycles. The number of H-pyrrole nitrogens is 1. The number of amides is 2. The molecule has 1 heterocycles. The number of ether oxygens (including phenoxy) is 1. The molecule has 7 heteroatoms. The summed E-state index contributed by atoms with van der Waals surface area (Å²) in [4.78, 5) is 24.2. The zero-order chi connectivity index (χ0) is 16.9. The first-order valence-electron chi connectivity index (χ1n) is 7.44. The number of nitrogens with one attached hydrogen (secondary N) is 3. The molecule has 0 saturated carbocycles. The van der Waals surface area contributed by atoms with Crippen molar-refractivity contribution < 1.29 is 14.3 Å². The quantitative estimate of drug-likeness (QED) is 0.643. The van der Waals surface area contributed by atoms with Crippen molar-refractivity contribution in [1.29, 1.82) is 0 Å². The normalized spacial score (nSPS) is 10.4. The fourth-order valence-corrected chi connectivity index (χ4v) is 2.23. The van der Waals surface area contributed by atoms with Gasteiger partial charge in [-0.15, -0.1) is 0 Å². The molecule has 0 fully saturated rings. The third kappa shape index (κ3) is 3.35. The standard InChI is InChI=1S/C17H16N4O3/c1-2-24-15-6-4-3-5-13(15)20-17(23)16(22)19-12-8-7-11-10-18-21-14(11)9-12/h3-10H,2H2,1H3,(H,18,21)(H,19,22)(H,20,23). The highest BCUT2D eigenvalue weighted by atomic mass is 16.5. The van der Waals surface area contributed by atoms with Crippen molar-refractivity contribution in [2.24, 2.45) is 0 Å². The number of nitrogens with zero attached hydrogens (tertiary/aromatic N) is 1. The number of para-hydroxylation sites is 2. The monoisotopic (exact) mass is 324 g/mol. The Hall–Kier alpha value is -3.35. The van der Waals surface area contributed by atoms with E-state index in [0.29, 0.717) is 23.7 Å². The highest BCUT2D eigenvalue weighted by Gasteiger charge is 2.16. The second-order valence-corrected chi connectivity index (χ2v) is 5.01. The van der Waals surface area contributed by atoms with E-state index in [0.717, 1.165) is 10.9 Å². The molecule has 24 heavy (non-hydrogen) atoms. The third-order valence-corrected chi connectivity index (χ3v) is 3.34. The average molecular weight is 324 g/mol. The zero-order valence-corrected chi connectivity index (χ0v) is 13.0. The molecule has 3 N–H and O–H groups in total. The Morgan fingerprint density at radius 1 is 1.12 bits per heavy atom. The summed E-state index contributed by atoms with van der Waals surface area (Å²) in [5.74, 6) is -1.02. The van der Waals surface area contributed by atoms with Crippen molar-refractivity contribution in [3.63, 3.8) is 0 Å². The third-order valence-electron chi connectivity index (χ3n) is 3.34. The first kappa shape index (κ1) is 15.5. The maximum absolute atomic E-state index is 12.1. The van der Waals surface area contributed by atoms with Gasteiger partial charge in [0.15, 0.2) is 0 Å². The van der Waals surface area contributed by atoms with Gasteiger partial charge >= 0.3 is 11.8 Å². The molecule has 2 amide bonds. The summed E-state index contributed by atoms with van der Waals surface area (Å²) < 4.78 is 5.42. The minimum absolute atomic E-state index is 0.448. The second kappa shape index (κ2) is 6.82. The fraction of sp³-hybridized carbons (Fsp3) is 0.118. The maximum atomic E-state index is 12.1. The highest BCUT2D eigenvalue weighted by Crippen LogP contribution is 2.23. The van der Waals surface area contributed by atoms with Crippen LogP contribution in [0.15, 0.2) is 48.7 Å². The van der Waals surface area contributed by atoms with Crippen molar-refractivity contribution >= 4 is 34.1 Å². The number of hydrogen-bond donors (Lipinski definition) is 3. The molecule has 7 nitrogen and oxygen atoms in total. The lowest BCUT2D eigenvalue weighted by Crippen LogP contribution is -2.29. The molecule has 122 valence electrons. The maximum Gasteiger partial charge on any atom is 0.314 e. The minimum Gasteiger partial charge on any atom is -0.492 e. The molecule has 0 aliphatic carbocycles. The predicted molar refractivity (Wildman–Crippen MR) is 91.0 cm³/mol. The summed E-state index contributed by atoms with van der Waals surface area (Å²) in [6, 6.07) is 12.2. The predicted octanol–water partition coefficient (Wildman–Crippen LogP) is 2.54. The number of carbonyl (C=O) groups excluding carboxylic acids is 2. The SMILES string of the molecule is CCOc1ccccc1NC(=O)C(=O)Nc1ccc2cn[nH]c2c1. The van der Waals surface area contributed by atoms with Gasteiger partial charge in [0.2, 0.25) is 0 Å². The first-order valence-corrected chi connectivity index (χ1v) is 7.44. The number of benzene rings is 2. The van der Waals surface area contributed by atoms with E-state index in [1.165, 1.54) is 0 Å². The summed E-state index contributed by atoms with van der Waals surface area (Å²) >= 11 is 0. The molecule has 3 aromatic rings. The lowest BCUT2D eigenvalue weighted by atomic mass is 10.2. The van der Waals surface area contributed by atoms with Crippen LogP contribution < -0.4 is 15.4 Å². The largest absolute Gasteiger partial charge is 0.492 e. The Morgan fingerprint density at radius 2 is 1.92 bits per heavy atom. The topological polar surface area (TPSA) is 96.1 Å². The minimum atomic E-state index is -0.771. The Labute approximate surface area is 138 Å². The second-order valence-electron chi connectivity index (χ2n) is 5.01. The summed E-state index contributed by atoms with van der Waals surface area (Å²) in [7, 11) is 0. The van der Waals surface area contributed by atoms with Crippen molar-refractivity contribution in [1.82, 2.24) is 10.2 Å². The molecule has 3 rings (SSSR count). The Kier molecular flexibility index (Phi) is 4.42. The van der Waals surface area contributed by atoms with Crippen LogP contribution in [0.3, 0.4) is 0 Å². The van der Waals surface area contributed by atoms with Gasteiger partial charge in [-0.2, -0.15) is 5.10 Å². The van der Waals surface area contributed by atoms with Crippen molar-refractivity contribution in [2.75, 3.05) is 17.2 Å². The number of fused-ring (bicyclic) bond motifs is 1. The van der Waals surface area contributed by atoms with Crippen LogP contribution in [0.5, 0.6) is 5.75 Å². The molecular weight excluding hydrogens is 308 g/mol. The summed E-state index contributed by atoms with van der Waals surface area (Å²) in [5.41, 5.74) is 1.73. The molecule has 0 atom stereocenters. The highest BCUT2D eigenvalue weighted by molar-refractivity contribution is 6.43. The van der Waals surface area contributed by atoms with E-state index in [-0.39, 0.29) is 0 Å². The lowest BCUT2D eigenvalue weighted by Gasteiger charge is -2.11. The molecule has 1 aromatic heterocycles. The summed E-state index contributed by atoms with van der Waals surface area (Å²) in [6.45, 7) is 2.31. The molecule has 0 radical (unpaired) electrons. The Balaban J connectivity index is 1.69. The van der Waals surface area contributed by atoms with Crippen molar-refractivity contribution in [3.8, 4) is 5.75 Å². The van der Waals surface area contributed by atoms with E-state index >= 15 is 0 Å². The number of carbonyl (C=O) groups is 2. The first-order chi connectivity index (χ1) is 11.7. The molecule has 2 aromatic carbocycles. The molecular formula is C17H16N4O3. The average Bonchev–Trinajstić information content (AvgIpc) is 3.04. The number of aromatic nitrogens is 2. The van der Waals surface area contributed by atoms with Gasteiger partial charge in [0.25, 0.3) is 0 Å². The van der Waals surface area contributed by atoms with Crippen LogP contribution in [0.2, 0.25) is 0 Å². The van der Waals surface area contributed by atoms with E-state index in [4.69, 9.17) is 4.74 Å². The fourth-order valence-electron chi connectivity index (χ4n) is 2.23. The smallest absolute Gasteiger partial charge is 0.314 e. The van der Waals surface area contributed by atoms with Crippen molar-refractivity contribution in [3.05, 3.63) is 48.7 Å².